The normalized spacial score (nSPS) is 10.5. The monoisotopic (exact) mass is 394 g/mol. The molecule has 6 heteroatoms. The first kappa shape index (κ1) is 19.8. The summed E-state index contributed by atoms with van der Waals surface area (Å²) < 4.78 is 6.91. The third-order valence-electron chi connectivity index (χ3n) is 4.18. The van der Waals surface area contributed by atoms with Crippen molar-refractivity contribution < 1.29 is 9.53 Å². The first-order valence-electron chi connectivity index (χ1n) is 8.87. The number of carbonyl (C=O) groups excluding carboxylic acids is 1. The number of rotatable bonds is 7. The molecular weight excluding hydrogens is 372 g/mol. The van der Waals surface area contributed by atoms with Crippen LogP contribution in [0.25, 0.3) is 0 Å². The number of hydrogen-bond acceptors (Lipinski definition) is 4. The Morgan fingerprint density at radius 3 is 2.50 bits per heavy atom. The van der Waals surface area contributed by atoms with Crippen molar-refractivity contribution in [1.29, 1.82) is 0 Å². The summed E-state index contributed by atoms with van der Waals surface area (Å²) >= 11 is 1.62. The number of nitrogens with one attached hydrogen (secondary N) is 1. The van der Waals surface area contributed by atoms with E-state index in [1.807, 2.05) is 49.4 Å². The van der Waals surface area contributed by atoms with Gasteiger partial charge in [0.25, 0.3) is 0 Å². The Balaban J connectivity index is 1.78. The number of hydrogen-bond donors (Lipinski definition) is 1. The van der Waals surface area contributed by atoms with Crippen LogP contribution in [-0.2, 0) is 17.1 Å². The average Bonchev–Trinajstić information content (AvgIpc) is 2.69. The lowest BCUT2D eigenvalue weighted by molar-refractivity contribution is -0.116. The van der Waals surface area contributed by atoms with Crippen LogP contribution in [-0.4, -0.2) is 17.6 Å². The van der Waals surface area contributed by atoms with E-state index >= 15 is 0 Å². The van der Waals surface area contributed by atoms with Gasteiger partial charge in [-0.3, -0.25) is 9.59 Å². The molecule has 0 aliphatic rings. The maximum atomic E-state index is 12.5. The SMILES string of the molecule is COc1cn(CC(=O)Nc2ccccc2)c(CSc2ccc(C)cc2)cc1=O. The van der Waals surface area contributed by atoms with Crippen molar-refractivity contribution >= 4 is 23.4 Å². The Bertz CT molecular complexity index is 999. The molecule has 1 aromatic heterocycles. The van der Waals surface area contributed by atoms with Gasteiger partial charge in [0, 0.05) is 28.1 Å². The fourth-order valence-electron chi connectivity index (χ4n) is 2.69. The van der Waals surface area contributed by atoms with Crippen molar-refractivity contribution in [3.8, 4) is 5.75 Å². The molecule has 2 aromatic carbocycles. The van der Waals surface area contributed by atoms with Gasteiger partial charge in [0.05, 0.1) is 13.3 Å². The first-order chi connectivity index (χ1) is 13.5. The van der Waals surface area contributed by atoms with Crippen LogP contribution < -0.4 is 15.5 Å². The number of anilines is 1. The van der Waals surface area contributed by atoms with Gasteiger partial charge in [-0.2, -0.15) is 0 Å². The molecule has 1 heterocycles. The first-order valence-corrected chi connectivity index (χ1v) is 9.85. The molecule has 0 aliphatic heterocycles. The molecule has 3 rings (SSSR count). The van der Waals surface area contributed by atoms with Gasteiger partial charge in [0.1, 0.15) is 6.54 Å². The van der Waals surface area contributed by atoms with Gasteiger partial charge in [-0.1, -0.05) is 35.9 Å². The van der Waals surface area contributed by atoms with Crippen LogP contribution in [0.3, 0.4) is 0 Å². The molecule has 0 fully saturated rings. The van der Waals surface area contributed by atoms with E-state index in [4.69, 9.17) is 4.74 Å². The summed E-state index contributed by atoms with van der Waals surface area (Å²) in [5.41, 5.74) is 2.50. The standard InChI is InChI=1S/C22H22N2O3S/c1-16-8-10-19(11-9-16)28-15-18-12-20(25)21(27-2)13-24(18)14-22(26)23-17-6-4-3-5-7-17/h3-13H,14-15H2,1-2H3,(H,23,26). The van der Waals surface area contributed by atoms with Crippen molar-refractivity contribution in [1.82, 2.24) is 4.57 Å². The Morgan fingerprint density at radius 2 is 1.82 bits per heavy atom. The van der Waals surface area contributed by atoms with Crippen molar-refractivity contribution in [2.45, 2.75) is 24.1 Å². The number of ether oxygens (including phenoxy) is 1. The number of carbonyl (C=O) groups is 1. The predicted molar refractivity (Wildman–Crippen MR) is 113 cm³/mol. The molecule has 0 atom stereocenters. The smallest absolute Gasteiger partial charge is 0.244 e. The molecule has 0 spiro atoms. The molecule has 0 saturated heterocycles. The summed E-state index contributed by atoms with van der Waals surface area (Å²) in [6, 6.07) is 19.0. The number of aromatic nitrogens is 1. The molecule has 144 valence electrons. The van der Waals surface area contributed by atoms with E-state index < -0.39 is 0 Å². The van der Waals surface area contributed by atoms with Gasteiger partial charge in [-0.15, -0.1) is 11.8 Å². The van der Waals surface area contributed by atoms with E-state index in [9.17, 15) is 9.59 Å². The fraction of sp³-hybridized carbons (Fsp3) is 0.182. The Hall–Kier alpha value is -2.99. The molecule has 28 heavy (non-hydrogen) atoms. The third-order valence-corrected chi connectivity index (χ3v) is 5.23. The molecule has 1 N–H and O–H groups in total. The summed E-state index contributed by atoms with van der Waals surface area (Å²) in [5.74, 6) is 0.621. The van der Waals surface area contributed by atoms with Crippen LogP contribution in [0, 0.1) is 6.92 Å². The van der Waals surface area contributed by atoms with Crippen LogP contribution in [0.1, 0.15) is 11.3 Å². The minimum Gasteiger partial charge on any atom is -0.491 e. The fourth-order valence-corrected chi connectivity index (χ4v) is 3.58. The summed E-state index contributed by atoms with van der Waals surface area (Å²) in [4.78, 5) is 25.8. The molecule has 0 unspecified atom stereocenters. The lowest BCUT2D eigenvalue weighted by Gasteiger charge is -2.15. The second-order valence-corrected chi connectivity index (χ2v) is 7.39. The van der Waals surface area contributed by atoms with E-state index in [0.717, 1.165) is 16.3 Å². The van der Waals surface area contributed by atoms with Crippen molar-refractivity contribution in [2.75, 3.05) is 12.4 Å². The number of pyridine rings is 1. The lowest BCUT2D eigenvalue weighted by atomic mass is 10.2. The number of amides is 1. The molecule has 1 amide bonds. The summed E-state index contributed by atoms with van der Waals surface area (Å²) in [7, 11) is 1.45. The second-order valence-electron chi connectivity index (χ2n) is 6.34. The highest BCUT2D eigenvalue weighted by Gasteiger charge is 2.11. The van der Waals surface area contributed by atoms with Gasteiger partial charge in [0.15, 0.2) is 5.75 Å². The van der Waals surface area contributed by atoms with E-state index in [-0.39, 0.29) is 23.6 Å². The van der Waals surface area contributed by atoms with Crippen molar-refractivity contribution in [3.05, 3.63) is 88.3 Å². The highest BCUT2D eigenvalue weighted by molar-refractivity contribution is 7.98. The largest absolute Gasteiger partial charge is 0.491 e. The number of aryl methyl sites for hydroxylation is 1. The molecule has 0 bridgehead atoms. The summed E-state index contributed by atoms with van der Waals surface area (Å²) in [6.45, 7) is 2.14. The Labute approximate surface area is 168 Å². The van der Waals surface area contributed by atoms with Gasteiger partial charge in [-0.05, 0) is 31.2 Å². The van der Waals surface area contributed by atoms with E-state index in [1.54, 1.807) is 22.5 Å². The van der Waals surface area contributed by atoms with Gasteiger partial charge >= 0.3 is 0 Å². The number of thioether (sulfide) groups is 1. The molecule has 0 radical (unpaired) electrons. The van der Waals surface area contributed by atoms with Crippen molar-refractivity contribution in [3.63, 3.8) is 0 Å². The number of benzene rings is 2. The maximum absolute atomic E-state index is 12.5. The quantitative estimate of drug-likeness (QED) is 0.613. The van der Waals surface area contributed by atoms with Crippen molar-refractivity contribution in [2.24, 2.45) is 0 Å². The van der Waals surface area contributed by atoms with Gasteiger partial charge in [-0.25, -0.2) is 0 Å². The summed E-state index contributed by atoms with van der Waals surface area (Å²) in [5, 5.41) is 2.86. The van der Waals surface area contributed by atoms with Crippen LogP contribution in [0.2, 0.25) is 0 Å². The highest BCUT2D eigenvalue weighted by atomic mass is 32.2. The van der Waals surface area contributed by atoms with Crippen LogP contribution in [0.15, 0.2) is 76.6 Å². The summed E-state index contributed by atoms with van der Waals surface area (Å²) in [6.07, 6.45) is 1.60. The minimum absolute atomic E-state index is 0.0926. The zero-order valence-electron chi connectivity index (χ0n) is 15.8. The zero-order chi connectivity index (χ0) is 19.9. The molecule has 5 nitrogen and oxygen atoms in total. The predicted octanol–water partition coefficient (Wildman–Crippen LogP) is 4.10. The van der Waals surface area contributed by atoms with E-state index in [1.165, 1.54) is 18.7 Å². The molecule has 0 saturated carbocycles. The van der Waals surface area contributed by atoms with E-state index in [0.29, 0.717) is 5.75 Å². The van der Waals surface area contributed by atoms with E-state index in [2.05, 4.69) is 17.4 Å². The average molecular weight is 394 g/mol. The highest BCUT2D eigenvalue weighted by Crippen LogP contribution is 2.23. The maximum Gasteiger partial charge on any atom is 0.244 e. The topological polar surface area (TPSA) is 60.3 Å². The van der Waals surface area contributed by atoms with Crippen LogP contribution in [0.5, 0.6) is 5.75 Å². The molecule has 0 aliphatic carbocycles. The number of para-hydroxylation sites is 1. The lowest BCUT2D eigenvalue weighted by Crippen LogP contribution is -2.22. The van der Waals surface area contributed by atoms with Crippen LogP contribution in [0.4, 0.5) is 5.69 Å². The van der Waals surface area contributed by atoms with Gasteiger partial charge in [0.2, 0.25) is 11.3 Å². The Morgan fingerprint density at radius 1 is 1.11 bits per heavy atom. The van der Waals surface area contributed by atoms with Gasteiger partial charge < -0.3 is 14.6 Å². The second kappa shape index (κ2) is 9.28. The number of nitrogens with zero attached hydrogens (tertiary/aromatic N) is 1. The number of methoxy groups -OCH3 is 1. The molecular formula is C22H22N2O3S. The zero-order valence-corrected chi connectivity index (χ0v) is 16.7. The minimum atomic E-state index is -0.193. The third kappa shape index (κ3) is 5.27. The van der Waals surface area contributed by atoms with Crippen LogP contribution >= 0.6 is 11.8 Å². The molecule has 3 aromatic rings. The Kier molecular flexibility index (Phi) is 6.55.